The summed E-state index contributed by atoms with van der Waals surface area (Å²) in [6, 6.07) is 16.1. The molecule has 112 valence electrons. The lowest BCUT2D eigenvalue weighted by atomic mass is 10.2. The van der Waals surface area contributed by atoms with Gasteiger partial charge in [0.05, 0.1) is 0 Å². The topological polar surface area (TPSA) is 36.1 Å². The van der Waals surface area contributed by atoms with E-state index in [4.69, 9.17) is 0 Å². The molecule has 0 unspecified atom stereocenters. The second kappa shape index (κ2) is 5.68. The van der Waals surface area contributed by atoms with E-state index >= 15 is 0 Å². The van der Waals surface area contributed by atoms with E-state index in [0.29, 0.717) is 12.2 Å². The van der Waals surface area contributed by atoms with Gasteiger partial charge in [-0.15, -0.1) is 0 Å². The average Bonchev–Trinajstić information content (AvgIpc) is 2.91. The predicted octanol–water partition coefficient (Wildman–Crippen LogP) is 4.45. The fourth-order valence-electron chi connectivity index (χ4n) is 2.75. The van der Waals surface area contributed by atoms with Crippen molar-refractivity contribution in [3.8, 4) is 0 Å². The summed E-state index contributed by atoms with van der Waals surface area (Å²) in [5.41, 5.74) is 4.90. The van der Waals surface area contributed by atoms with Gasteiger partial charge in [-0.25, -0.2) is 0 Å². The van der Waals surface area contributed by atoms with Crippen LogP contribution < -0.4 is 4.90 Å². The second-order valence-electron chi connectivity index (χ2n) is 5.66. The largest absolute Gasteiger partial charge is 0.351 e. The highest BCUT2D eigenvalue weighted by Gasteiger charge is 2.18. The van der Waals surface area contributed by atoms with Gasteiger partial charge in [-0.05, 0) is 56.7 Å². The summed E-state index contributed by atoms with van der Waals surface area (Å²) in [6.45, 7) is 6.72. The molecule has 0 saturated carbocycles. The lowest BCUT2D eigenvalue weighted by molar-refractivity contribution is 0.0984. The Bertz CT molecular complexity index is 832. The van der Waals surface area contributed by atoms with E-state index in [-0.39, 0.29) is 5.91 Å². The first-order valence-corrected chi connectivity index (χ1v) is 7.56. The molecule has 1 heterocycles. The van der Waals surface area contributed by atoms with E-state index in [1.165, 1.54) is 5.56 Å². The third-order valence-corrected chi connectivity index (χ3v) is 3.88. The van der Waals surface area contributed by atoms with E-state index in [9.17, 15) is 4.79 Å². The van der Waals surface area contributed by atoms with Crippen LogP contribution in [0.5, 0.6) is 0 Å². The van der Waals surface area contributed by atoms with Crippen molar-refractivity contribution in [3.63, 3.8) is 0 Å². The molecule has 1 aromatic heterocycles. The fraction of sp³-hybridized carbons (Fsp3) is 0.211. The molecule has 0 aliphatic rings. The summed E-state index contributed by atoms with van der Waals surface area (Å²) in [5, 5.41) is 1.07. The minimum absolute atomic E-state index is 0.00181. The number of aryl methyl sites for hydroxylation is 2. The summed E-state index contributed by atoms with van der Waals surface area (Å²) in [6.07, 6.45) is 0. The summed E-state index contributed by atoms with van der Waals surface area (Å²) < 4.78 is 0. The van der Waals surface area contributed by atoms with Crippen LogP contribution in [-0.2, 0) is 0 Å². The van der Waals surface area contributed by atoms with Gasteiger partial charge in [0.2, 0.25) is 0 Å². The van der Waals surface area contributed by atoms with Gasteiger partial charge in [0.25, 0.3) is 5.91 Å². The highest BCUT2D eigenvalue weighted by atomic mass is 16.2. The molecule has 1 amide bonds. The summed E-state index contributed by atoms with van der Waals surface area (Å²) >= 11 is 0. The molecule has 0 aliphatic carbocycles. The Morgan fingerprint density at radius 2 is 1.82 bits per heavy atom. The number of carbonyl (C=O) groups excluding carboxylic acids is 1. The van der Waals surface area contributed by atoms with Crippen molar-refractivity contribution < 1.29 is 4.79 Å². The number of H-pyrrole nitrogens is 1. The van der Waals surface area contributed by atoms with E-state index in [2.05, 4.69) is 18.0 Å². The molecule has 22 heavy (non-hydrogen) atoms. The molecule has 0 spiro atoms. The van der Waals surface area contributed by atoms with E-state index in [1.54, 1.807) is 4.90 Å². The number of carbonyl (C=O) groups is 1. The number of benzene rings is 2. The zero-order valence-electron chi connectivity index (χ0n) is 13.2. The highest BCUT2D eigenvalue weighted by molar-refractivity contribution is 6.07. The van der Waals surface area contributed by atoms with Crippen LogP contribution in [0.3, 0.4) is 0 Å². The lowest BCUT2D eigenvalue weighted by Gasteiger charge is -2.20. The van der Waals surface area contributed by atoms with Crippen molar-refractivity contribution in [2.45, 2.75) is 20.8 Å². The molecule has 0 fully saturated rings. The molecule has 3 rings (SSSR count). The Hall–Kier alpha value is -2.55. The highest BCUT2D eigenvalue weighted by Crippen LogP contribution is 2.21. The number of nitrogens with zero attached hydrogens (tertiary/aromatic N) is 1. The summed E-state index contributed by atoms with van der Waals surface area (Å²) in [5.74, 6) is 0.00181. The van der Waals surface area contributed by atoms with Crippen LogP contribution in [0.2, 0.25) is 0 Å². The zero-order valence-corrected chi connectivity index (χ0v) is 13.2. The minimum atomic E-state index is 0.00181. The number of fused-ring (bicyclic) bond motifs is 1. The number of nitrogens with one attached hydrogen (secondary N) is 1. The van der Waals surface area contributed by atoms with Gasteiger partial charge in [0.1, 0.15) is 5.69 Å². The number of aromatic nitrogens is 1. The van der Waals surface area contributed by atoms with Crippen LogP contribution in [0, 0.1) is 13.8 Å². The van der Waals surface area contributed by atoms with Crippen molar-refractivity contribution >= 4 is 22.5 Å². The molecule has 0 bridgehead atoms. The number of anilines is 1. The van der Waals surface area contributed by atoms with E-state index < -0.39 is 0 Å². The number of rotatable bonds is 3. The maximum Gasteiger partial charge on any atom is 0.274 e. The zero-order chi connectivity index (χ0) is 15.7. The molecule has 3 heteroatoms. The standard InChI is InChI=1S/C19H20N2O/c1-4-21(16-7-5-6-13(2)11-16)19(22)18-12-15-10-14(3)8-9-17(15)20-18/h5-12,20H,4H2,1-3H3. The van der Waals surface area contributed by atoms with Crippen molar-refractivity contribution in [1.29, 1.82) is 0 Å². The maximum absolute atomic E-state index is 12.8. The van der Waals surface area contributed by atoms with Gasteiger partial charge in [-0.2, -0.15) is 0 Å². The molecule has 1 N–H and O–H groups in total. The molecule has 0 aliphatic heterocycles. The van der Waals surface area contributed by atoms with Crippen molar-refractivity contribution in [2.75, 3.05) is 11.4 Å². The first-order chi connectivity index (χ1) is 10.6. The Labute approximate surface area is 130 Å². The third kappa shape index (κ3) is 2.62. The van der Waals surface area contributed by atoms with Crippen molar-refractivity contribution in [3.05, 3.63) is 65.4 Å². The monoisotopic (exact) mass is 292 g/mol. The van der Waals surface area contributed by atoms with Crippen LogP contribution in [0.1, 0.15) is 28.5 Å². The van der Waals surface area contributed by atoms with Crippen LogP contribution >= 0.6 is 0 Å². The summed E-state index contributed by atoms with van der Waals surface area (Å²) in [4.78, 5) is 17.9. The molecule has 0 radical (unpaired) electrons. The van der Waals surface area contributed by atoms with E-state index in [0.717, 1.165) is 22.2 Å². The Balaban J connectivity index is 1.99. The van der Waals surface area contributed by atoms with Gasteiger partial charge in [0, 0.05) is 23.1 Å². The second-order valence-corrected chi connectivity index (χ2v) is 5.66. The van der Waals surface area contributed by atoms with Gasteiger partial charge in [0.15, 0.2) is 0 Å². The molecular formula is C19H20N2O. The maximum atomic E-state index is 12.8. The molecule has 3 aromatic rings. The first-order valence-electron chi connectivity index (χ1n) is 7.56. The number of aromatic amines is 1. The Morgan fingerprint density at radius 1 is 1.05 bits per heavy atom. The van der Waals surface area contributed by atoms with Crippen LogP contribution in [0.15, 0.2) is 48.5 Å². The van der Waals surface area contributed by atoms with Gasteiger partial charge in [-0.3, -0.25) is 4.79 Å². The molecule has 2 aromatic carbocycles. The normalized spacial score (nSPS) is 10.9. The van der Waals surface area contributed by atoms with Crippen LogP contribution in [0.25, 0.3) is 10.9 Å². The SMILES string of the molecule is CCN(C(=O)c1cc2cc(C)ccc2[nH]1)c1cccc(C)c1. The number of amides is 1. The predicted molar refractivity (Wildman–Crippen MR) is 91.6 cm³/mol. The van der Waals surface area contributed by atoms with Gasteiger partial charge in [-0.1, -0.05) is 23.8 Å². The quantitative estimate of drug-likeness (QED) is 0.760. The third-order valence-electron chi connectivity index (χ3n) is 3.88. The molecular weight excluding hydrogens is 272 g/mol. The van der Waals surface area contributed by atoms with Gasteiger partial charge >= 0.3 is 0 Å². The molecule has 3 nitrogen and oxygen atoms in total. The fourth-order valence-corrected chi connectivity index (χ4v) is 2.75. The smallest absolute Gasteiger partial charge is 0.274 e. The minimum Gasteiger partial charge on any atom is -0.351 e. The first kappa shape index (κ1) is 14.4. The Morgan fingerprint density at radius 3 is 2.55 bits per heavy atom. The number of hydrogen-bond donors (Lipinski definition) is 1. The van der Waals surface area contributed by atoms with Gasteiger partial charge < -0.3 is 9.88 Å². The van der Waals surface area contributed by atoms with E-state index in [1.807, 2.05) is 56.3 Å². The van der Waals surface area contributed by atoms with Crippen LogP contribution in [0.4, 0.5) is 5.69 Å². The average molecular weight is 292 g/mol. The van der Waals surface area contributed by atoms with Crippen molar-refractivity contribution in [1.82, 2.24) is 4.98 Å². The Kier molecular flexibility index (Phi) is 3.72. The number of hydrogen-bond acceptors (Lipinski definition) is 1. The lowest BCUT2D eigenvalue weighted by Crippen LogP contribution is -2.30. The summed E-state index contributed by atoms with van der Waals surface area (Å²) in [7, 11) is 0. The van der Waals surface area contributed by atoms with Crippen molar-refractivity contribution in [2.24, 2.45) is 0 Å². The molecule has 0 atom stereocenters. The molecule has 0 saturated heterocycles. The van der Waals surface area contributed by atoms with Crippen LogP contribution in [-0.4, -0.2) is 17.4 Å².